The fraction of sp³-hybridized carbons (Fsp3) is 0.500. The molecule has 2 amide bonds. The number of benzene rings is 1. The summed E-state index contributed by atoms with van der Waals surface area (Å²) in [6.45, 7) is 1.88. The average molecular weight is 326 g/mol. The number of hydrogen-bond donors (Lipinski definition) is 2. The molecule has 0 aromatic heterocycles. The summed E-state index contributed by atoms with van der Waals surface area (Å²) in [7, 11) is 0. The summed E-state index contributed by atoms with van der Waals surface area (Å²) < 4.78 is 26.2. The van der Waals surface area contributed by atoms with E-state index in [-0.39, 0.29) is 24.1 Å². The Morgan fingerprint density at radius 3 is 2.57 bits per heavy atom. The van der Waals surface area contributed by atoms with Gasteiger partial charge in [-0.1, -0.05) is 0 Å². The number of likely N-dealkylation sites (tertiary alicyclic amines) is 1. The predicted octanol–water partition coefficient (Wildman–Crippen LogP) is 1.46. The van der Waals surface area contributed by atoms with Gasteiger partial charge in [0.1, 0.15) is 11.6 Å². The van der Waals surface area contributed by atoms with Gasteiger partial charge >= 0.3 is 0 Å². The van der Waals surface area contributed by atoms with E-state index in [1.807, 2.05) is 0 Å². The molecule has 7 heteroatoms. The second-order valence-corrected chi connectivity index (χ2v) is 5.73. The zero-order chi connectivity index (χ0) is 17.0. The van der Waals surface area contributed by atoms with Gasteiger partial charge in [0, 0.05) is 18.2 Å². The Balaban J connectivity index is 1.96. The molecular formula is C16H20F2N2O3. The minimum Gasteiger partial charge on any atom is -0.391 e. The third-order valence-electron chi connectivity index (χ3n) is 3.95. The van der Waals surface area contributed by atoms with Crippen LogP contribution in [0.4, 0.5) is 8.78 Å². The first-order chi connectivity index (χ1) is 10.9. The number of carbonyl (C=O) groups is 2. The molecule has 0 spiro atoms. The molecule has 1 heterocycles. The molecule has 2 N–H and O–H groups in total. The van der Waals surface area contributed by atoms with Crippen LogP contribution in [0.5, 0.6) is 0 Å². The van der Waals surface area contributed by atoms with Crippen LogP contribution in [-0.2, 0) is 4.79 Å². The zero-order valence-electron chi connectivity index (χ0n) is 12.9. The molecular weight excluding hydrogens is 306 g/mol. The van der Waals surface area contributed by atoms with Crippen LogP contribution in [0, 0.1) is 11.6 Å². The maximum absolute atomic E-state index is 13.1. The van der Waals surface area contributed by atoms with Gasteiger partial charge in [-0.05, 0) is 38.3 Å². The van der Waals surface area contributed by atoms with Crippen LogP contribution in [0.25, 0.3) is 0 Å². The molecule has 2 rings (SSSR count). The molecule has 0 saturated carbocycles. The van der Waals surface area contributed by atoms with Gasteiger partial charge in [-0.2, -0.15) is 0 Å². The molecule has 1 saturated heterocycles. The number of halogens is 2. The maximum atomic E-state index is 13.1. The van der Waals surface area contributed by atoms with Crippen molar-refractivity contribution in [3.63, 3.8) is 0 Å². The normalized spacial score (nSPS) is 19.3. The summed E-state index contributed by atoms with van der Waals surface area (Å²) in [6.07, 6.45) is 1.85. The van der Waals surface area contributed by atoms with Gasteiger partial charge in [-0.15, -0.1) is 0 Å². The quantitative estimate of drug-likeness (QED) is 0.880. The third kappa shape index (κ3) is 4.48. The van der Waals surface area contributed by atoms with E-state index >= 15 is 0 Å². The largest absolute Gasteiger partial charge is 0.391 e. The standard InChI is InChI=1S/C16H20F2N2O3/c1-10(21)14-4-2-3-5-20(14)15(22)9-19-16(23)11-6-12(17)8-13(18)7-11/h6-8,10,14,21H,2-5,9H2,1H3,(H,19,23)/t10-,14+/m0/s1. The van der Waals surface area contributed by atoms with E-state index in [1.54, 1.807) is 11.8 Å². The molecule has 126 valence electrons. The lowest BCUT2D eigenvalue weighted by Crippen LogP contribution is -2.51. The number of carbonyl (C=O) groups excluding carboxylic acids is 2. The SMILES string of the molecule is C[C@H](O)[C@H]1CCCCN1C(=O)CNC(=O)c1cc(F)cc(F)c1. The number of nitrogens with zero attached hydrogens (tertiary/aromatic N) is 1. The van der Waals surface area contributed by atoms with Crippen LogP contribution in [0.1, 0.15) is 36.5 Å². The fourth-order valence-electron chi connectivity index (χ4n) is 2.81. The topological polar surface area (TPSA) is 69.6 Å². The lowest BCUT2D eigenvalue weighted by molar-refractivity contribution is -0.136. The van der Waals surface area contributed by atoms with E-state index in [0.717, 1.165) is 25.0 Å². The Bertz CT molecular complexity index is 572. The highest BCUT2D eigenvalue weighted by Gasteiger charge is 2.29. The van der Waals surface area contributed by atoms with E-state index in [1.165, 1.54) is 0 Å². The van der Waals surface area contributed by atoms with E-state index < -0.39 is 23.6 Å². The van der Waals surface area contributed by atoms with Gasteiger partial charge in [-0.25, -0.2) is 8.78 Å². The summed E-state index contributed by atoms with van der Waals surface area (Å²) in [5.74, 6) is -2.75. The van der Waals surface area contributed by atoms with Crippen LogP contribution >= 0.6 is 0 Å². The van der Waals surface area contributed by atoms with Crippen LogP contribution in [0.15, 0.2) is 18.2 Å². The van der Waals surface area contributed by atoms with Crippen molar-refractivity contribution in [3.8, 4) is 0 Å². The van der Waals surface area contributed by atoms with E-state index in [0.29, 0.717) is 19.0 Å². The molecule has 1 aromatic rings. The Labute approximate surface area is 133 Å². The van der Waals surface area contributed by atoms with Crippen LogP contribution in [-0.4, -0.2) is 47.1 Å². The second-order valence-electron chi connectivity index (χ2n) is 5.73. The van der Waals surface area contributed by atoms with Crippen molar-refractivity contribution in [1.82, 2.24) is 10.2 Å². The summed E-state index contributed by atoms with van der Waals surface area (Å²) in [5.41, 5.74) is -0.180. The second kappa shape index (κ2) is 7.50. The first kappa shape index (κ1) is 17.3. The lowest BCUT2D eigenvalue weighted by atomic mass is 9.98. The lowest BCUT2D eigenvalue weighted by Gasteiger charge is -2.37. The number of piperidine rings is 1. The highest BCUT2D eigenvalue weighted by molar-refractivity contribution is 5.96. The molecule has 5 nitrogen and oxygen atoms in total. The van der Waals surface area contributed by atoms with Crippen LogP contribution < -0.4 is 5.32 Å². The fourth-order valence-corrected chi connectivity index (χ4v) is 2.81. The molecule has 23 heavy (non-hydrogen) atoms. The molecule has 0 bridgehead atoms. The predicted molar refractivity (Wildman–Crippen MR) is 79.7 cm³/mol. The number of aliphatic hydroxyl groups is 1. The third-order valence-corrected chi connectivity index (χ3v) is 3.95. The highest BCUT2D eigenvalue weighted by Crippen LogP contribution is 2.19. The molecule has 0 aliphatic carbocycles. The van der Waals surface area contributed by atoms with Crippen molar-refractivity contribution in [2.24, 2.45) is 0 Å². The number of hydrogen-bond acceptors (Lipinski definition) is 3. The Morgan fingerprint density at radius 2 is 1.96 bits per heavy atom. The van der Waals surface area contributed by atoms with Crippen molar-refractivity contribution in [3.05, 3.63) is 35.4 Å². The monoisotopic (exact) mass is 326 g/mol. The number of amides is 2. The Hall–Kier alpha value is -2.02. The molecule has 0 radical (unpaired) electrons. The maximum Gasteiger partial charge on any atom is 0.251 e. The van der Waals surface area contributed by atoms with Crippen molar-refractivity contribution in [2.45, 2.75) is 38.3 Å². The number of aliphatic hydroxyl groups excluding tert-OH is 1. The summed E-state index contributed by atoms with van der Waals surface area (Å²) in [6, 6.07) is 2.22. The first-order valence-electron chi connectivity index (χ1n) is 7.60. The highest BCUT2D eigenvalue weighted by atomic mass is 19.1. The smallest absolute Gasteiger partial charge is 0.251 e. The summed E-state index contributed by atoms with van der Waals surface area (Å²) in [5, 5.41) is 12.1. The molecule has 1 aromatic carbocycles. The van der Waals surface area contributed by atoms with Crippen LogP contribution in [0.2, 0.25) is 0 Å². The first-order valence-corrected chi connectivity index (χ1v) is 7.60. The molecule has 1 aliphatic heterocycles. The minimum atomic E-state index is -0.855. The zero-order valence-corrected chi connectivity index (χ0v) is 12.9. The Kier molecular flexibility index (Phi) is 5.65. The van der Waals surface area contributed by atoms with E-state index in [4.69, 9.17) is 0 Å². The van der Waals surface area contributed by atoms with Crippen molar-refractivity contribution in [2.75, 3.05) is 13.1 Å². The molecule has 1 fully saturated rings. The number of nitrogens with one attached hydrogen (secondary N) is 1. The summed E-state index contributed by atoms with van der Waals surface area (Å²) >= 11 is 0. The number of rotatable bonds is 4. The van der Waals surface area contributed by atoms with Gasteiger partial charge in [0.25, 0.3) is 5.91 Å². The average Bonchev–Trinajstić information content (AvgIpc) is 2.51. The van der Waals surface area contributed by atoms with Gasteiger partial charge in [0.05, 0.1) is 18.7 Å². The van der Waals surface area contributed by atoms with E-state index in [2.05, 4.69) is 5.32 Å². The minimum absolute atomic E-state index is 0.180. The van der Waals surface area contributed by atoms with Gasteiger partial charge in [0.2, 0.25) is 5.91 Å². The van der Waals surface area contributed by atoms with Gasteiger partial charge in [0.15, 0.2) is 0 Å². The van der Waals surface area contributed by atoms with Crippen molar-refractivity contribution in [1.29, 1.82) is 0 Å². The molecule has 0 unspecified atom stereocenters. The molecule has 1 aliphatic rings. The van der Waals surface area contributed by atoms with Gasteiger partial charge < -0.3 is 15.3 Å². The molecule has 2 atom stereocenters. The van der Waals surface area contributed by atoms with Gasteiger partial charge in [-0.3, -0.25) is 9.59 Å². The Morgan fingerprint density at radius 1 is 1.30 bits per heavy atom. The van der Waals surface area contributed by atoms with Crippen molar-refractivity contribution < 1.29 is 23.5 Å². The summed E-state index contributed by atoms with van der Waals surface area (Å²) in [4.78, 5) is 25.7. The van der Waals surface area contributed by atoms with Crippen LogP contribution in [0.3, 0.4) is 0 Å². The van der Waals surface area contributed by atoms with Crippen molar-refractivity contribution >= 4 is 11.8 Å². The van der Waals surface area contributed by atoms with E-state index in [9.17, 15) is 23.5 Å².